The minimum atomic E-state index is -4.54. The molecule has 0 saturated carbocycles. The first-order chi connectivity index (χ1) is 14.0. The molecule has 0 aliphatic carbocycles. The molecule has 0 spiro atoms. The zero-order chi connectivity index (χ0) is 22.2. The first kappa shape index (κ1) is 21.4. The quantitative estimate of drug-likeness (QED) is 0.620. The third kappa shape index (κ3) is 3.87. The number of rotatable bonds is 4. The number of aromatic hydroxyl groups is 1. The van der Waals surface area contributed by atoms with E-state index in [0.29, 0.717) is 23.2 Å². The third-order valence-corrected chi connectivity index (χ3v) is 4.78. The molecule has 1 aromatic heterocycles. The molecule has 1 amide bonds. The van der Waals surface area contributed by atoms with E-state index in [4.69, 9.17) is 0 Å². The lowest BCUT2D eigenvalue weighted by molar-refractivity contribution is -0.137. The average molecular weight is 422 g/mol. The topological polar surface area (TPSA) is 71.3 Å². The van der Waals surface area contributed by atoms with Crippen LogP contribution in [0.5, 0.6) is 5.75 Å². The maximum absolute atomic E-state index is 14.0. The Bertz CT molecular complexity index is 1130. The number of halogens is 4. The Morgan fingerprint density at radius 2 is 1.77 bits per heavy atom. The van der Waals surface area contributed by atoms with Crippen molar-refractivity contribution in [2.45, 2.75) is 26.4 Å². The molecule has 2 N–H and O–H groups in total. The van der Waals surface area contributed by atoms with Gasteiger partial charge in [-0.2, -0.15) is 13.2 Å². The number of nitrogens with zero attached hydrogens (tertiary/aromatic N) is 1. The van der Waals surface area contributed by atoms with Crippen LogP contribution in [-0.4, -0.2) is 28.0 Å². The second-order valence-electron chi connectivity index (χ2n) is 6.73. The van der Waals surface area contributed by atoms with E-state index < -0.39 is 29.2 Å². The summed E-state index contributed by atoms with van der Waals surface area (Å²) in [4.78, 5) is 25.2. The minimum Gasteiger partial charge on any atom is -0.505 e. The summed E-state index contributed by atoms with van der Waals surface area (Å²) >= 11 is 0. The molecule has 0 atom stereocenters. The van der Waals surface area contributed by atoms with Crippen LogP contribution in [0.4, 0.5) is 17.6 Å². The number of hydrogen-bond acceptors (Lipinski definition) is 3. The van der Waals surface area contributed by atoms with Gasteiger partial charge in [0, 0.05) is 29.3 Å². The van der Waals surface area contributed by atoms with Crippen molar-refractivity contribution in [1.82, 2.24) is 9.88 Å². The molecule has 0 aliphatic rings. The number of benzene rings is 2. The Labute approximate surface area is 168 Å². The molecule has 1 heterocycles. The van der Waals surface area contributed by atoms with Gasteiger partial charge in [0.1, 0.15) is 0 Å². The van der Waals surface area contributed by atoms with Crippen LogP contribution < -0.4 is 5.32 Å². The molecule has 0 saturated heterocycles. The van der Waals surface area contributed by atoms with Gasteiger partial charge in [-0.25, -0.2) is 4.39 Å². The molecule has 0 unspecified atom stereocenters. The number of amides is 1. The fourth-order valence-corrected chi connectivity index (χ4v) is 3.32. The van der Waals surface area contributed by atoms with Gasteiger partial charge in [-0.3, -0.25) is 14.2 Å². The molecule has 30 heavy (non-hydrogen) atoms. The summed E-state index contributed by atoms with van der Waals surface area (Å²) in [6, 6.07) is 5.74. The highest BCUT2D eigenvalue weighted by Crippen LogP contribution is 2.33. The zero-order valence-electron chi connectivity index (χ0n) is 16.1. The fraction of sp³-hybridized carbons (Fsp3) is 0.238. The molecule has 3 aromatic rings. The van der Waals surface area contributed by atoms with E-state index in [2.05, 4.69) is 5.32 Å². The van der Waals surface area contributed by atoms with Crippen LogP contribution >= 0.6 is 0 Å². The second kappa shape index (κ2) is 7.81. The van der Waals surface area contributed by atoms with Crippen molar-refractivity contribution in [2.75, 3.05) is 6.54 Å². The van der Waals surface area contributed by atoms with E-state index in [0.717, 1.165) is 41.0 Å². The van der Waals surface area contributed by atoms with Crippen molar-refractivity contribution in [3.63, 3.8) is 0 Å². The zero-order valence-corrected chi connectivity index (χ0v) is 16.1. The van der Waals surface area contributed by atoms with E-state index in [1.54, 1.807) is 13.8 Å². The number of phenolic OH excluding ortho intramolecular Hbond substituents is 1. The Balaban J connectivity index is 2.15. The summed E-state index contributed by atoms with van der Waals surface area (Å²) in [6.07, 6.45) is -4.66. The maximum Gasteiger partial charge on any atom is 0.416 e. The smallest absolute Gasteiger partial charge is 0.416 e. The number of fused-ring (bicyclic) bond motifs is 1. The number of carbonyl (C=O) groups is 2. The number of hydrogen-bond donors (Lipinski definition) is 2. The minimum absolute atomic E-state index is 0.0407. The Morgan fingerprint density at radius 1 is 1.13 bits per heavy atom. The summed E-state index contributed by atoms with van der Waals surface area (Å²) in [6.45, 7) is 3.68. The van der Waals surface area contributed by atoms with Crippen LogP contribution in [-0.2, 0) is 17.4 Å². The molecule has 0 aliphatic heterocycles. The normalized spacial score (nSPS) is 11.7. The van der Waals surface area contributed by atoms with Gasteiger partial charge in [0.25, 0.3) is 5.91 Å². The number of alkyl halides is 3. The van der Waals surface area contributed by atoms with Gasteiger partial charge in [0.2, 0.25) is 5.91 Å². The SMILES string of the molecule is CCNC(=O)Cc1c(C)n(C(=O)c2ccc(C(F)(F)F)cc2)c2cc(F)c(O)cc12. The van der Waals surface area contributed by atoms with Gasteiger partial charge in [-0.1, -0.05) is 0 Å². The number of carbonyl (C=O) groups excluding carboxylic acids is 2. The summed E-state index contributed by atoms with van der Waals surface area (Å²) < 4.78 is 53.5. The van der Waals surface area contributed by atoms with Gasteiger partial charge in [-0.05, 0) is 49.7 Å². The van der Waals surface area contributed by atoms with Crippen LogP contribution in [0.1, 0.15) is 34.1 Å². The van der Waals surface area contributed by atoms with Crippen molar-refractivity contribution in [3.8, 4) is 5.75 Å². The Morgan fingerprint density at radius 3 is 2.33 bits per heavy atom. The summed E-state index contributed by atoms with van der Waals surface area (Å²) in [7, 11) is 0. The molecule has 9 heteroatoms. The van der Waals surface area contributed by atoms with Gasteiger partial charge in [0.05, 0.1) is 17.5 Å². The van der Waals surface area contributed by atoms with E-state index in [-0.39, 0.29) is 23.4 Å². The van der Waals surface area contributed by atoms with Gasteiger partial charge in [0.15, 0.2) is 11.6 Å². The molecular formula is C21H18F4N2O3. The van der Waals surface area contributed by atoms with Crippen molar-refractivity contribution >= 4 is 22.7 Å². The number of phenols is 1. The molecular weight excluding hydrogens is 404 g/mol. The van der Waals surface area contributed by atoms with Crippen LogP contribution in [0.2, 0.25) is 0 Å². The fourth-order valence-electron chi connectivity index (χ4n) is 3.32. The standard InChI is InChI=1S/C21H18F4N2O3/c1-3-26-19(29)9-14-11(2)27(17-10-16(22)18(28)8-15(14)17)20(30)12-4-6-13(7-5-12)21(23,24)25/h4-8,10,28H,3,9H2,1-2H3,(H,26,29). The monoisotopic (exact) mass is 422 g/mol. The lowest BCUT2D eigenvalue weighted by Gasteiger charge is -2.10. The van der Waals surface area contributed by atoms with Crippen LogP contribution in [0.15, 0.2) is 36.4 Å². The summed E-state index contributed by atoms with van der Waals surface area (Å²) in [5.74, 6) is -2.62. The molecule has 0 bridgehead atoms. The molecule has 3 rings (SSSR count). The molecule has 0 fully saturated rings. The van der Waals surface area contributed by atoms with Crippen molar-refractivity contribution in [1.29, 1.82) is 0 Å². The van der Waals surface area contributed by atoms with Gasteiger partial charge < -0.3 is 10.4 Å². The second-order valence-corrected chi connectivity index (χ2v) is 6.73. The van der Waals surface area contributed by atoms with E-state index in [1.165, 1.54) is 0 Å². The van der Waals surface area contributed by atoms with Gasteiger partial charge >= 0.3 is 6.18 Å². The highest BCUT2D eigenvalue weighted by molar-refractivity contribution is 6.05. The van der Waals surface area contributed by atoms with Gasteiger partial charge in [-0.15, -0.1) is 0 Å². The lowest BCUT2D eigenvalue weighted by Crippen LogP contribution is -2.24. The number of likely N-dealkylation sites (N-methyl/N-ethyl adjacent to an activating group) is 1. The Hall–Kier alpha value is -3.36. The maximum atomic E-state index is 14.0. The summed E-state index contributed by atoms with van der Waals surface area (Å²) in [5.41, 5.74) is -0.105. The highest BCUT2D eigenvalue weighted by Gasteiger charge is 2.30. The predicted molar refractivity (Wildman–Crippen MR) is 102 cm³/mol. The van der Waals surface area contributed by atoms with Crippen molar-refractivity contribution in [3.05, 3.63) is 64.6 Å². The van der Waals surface area contributed by atoms with E-state index in [1.807, 2.05) is 0 Å². The van der Waals surface area contributed by atoms with Crippen molar-refractivity contribution in [2.24, 2.45) is 0 Å². The largest absolute Gasteiger partial charge is 0.505 e. The van der Waals surface area contributed by atoms with Crippen LogP contribution in [0, 0.1) is 12.7 Å². The van der Waals surface area contributed by atoms with E-state index >= 15 is 0 Å². The molecule has 158 valence electrons. The van der Waals surface area contributed by atoms with Crippen LogP contribution in [0.3, 0.4) is 0 Å². The van der Waals surface area contributed by atoms with E-state index in [9.17, 15) is 32.3 Å². The predicted octanol–water partition coefficient (Wildman–Crippen LogP) is 4.18. The van der Waals surface area contributed by atoms with Crippen LogP contribution in [0.25, 0.3) is 10.9 Å². The Kier molecular flexibility index (Phi) is 5.56. The number of aromatic nitrogens is 1. The first-order valence-electron chi connectivity index (χ1n) is 9.05. The molecule has 2 aromatic carbocycles. The lowest BCUT2D eigenvalue weighted by atomic mass is 10.1. The van der Waals surface area contributed by atoms with Crippen molar-refractivity contribution < 1.29 is 32.3 Å². The molecule has 0 radical (unpaired) electrons. The first-order valence-corrected chi connectivity index (χ1v) is 9.05. The third-order valence-electron chi connectivity index (χ3n) is 4.78. The molecule has 5 nitrogen and oxygen atoms in total. The number of nitrogens with one attached hydrogen (secondary N) is 1. The highest BCUT2D eigenvalue weighted by atomic mass is 19.4. The average Bonchev–Trinajstić information content (AvgIpc) is 2.92. The summed E-state index contributed by atoms with van der Waals surface area (Å²) in [5, 5.41) is 12.7.